The number of carbonyl (C=O) groups excluding carboxylic acids is 1. The van der Waals surface area contributed by atoms with Crippen LogP contribution in [0.3, 0.4) is 0 Å². The van der Waals surface area contributed by atoms with Crippen molar-refractivity contribution >= 4 is 49.5 Å². The standard InChI is InChI=1S/C30H34N4O5S/c1-16-14-19-27(40-29(32-19)34(7)15-21(35)33(5)6)24(22(16)26(28(36)37)39-30(2,3)4)18-8-9-20-23-17(11-13-38-20)10-12-31-25(18)23/h8-10,12,14,26H,11,13,15H2,1-7H3,(H,36,37)/t26-/m0/s1. The normalized spacial score (nSPS) is 13.8. The predicted octanol–water partition coefficient (Wildman–Crippen LogP) is 5.22. The van der Waals surface area contributed by atoms with Crippen LogP contribution < -0.4 is 9.64 Å². The number of amides is 1. The van der Waals surface area contributed by atoms with Crippen LogP contribution in [-0.4, -0.2) is 71.7 Å². The molecule has 0 radical (unpaired) electrons. The van der Waals surface area contributed by atoms with Gasteiger partial charge in [0.15, 0.2) is 11.2 Å². The average molecular weight is 563 g/mol. The van der Waals surface area contributed by atoms with Crippen LogP contribution >= 0.6 is 11.3 Å². The zero-order valence-electron chi connectivity index (χ0n) is 23.9. The van der Waals surface area contributed by atoms with Crippen LogP contribution in [0.5, 0.6) is 5.75 Å². The Morgan fingerprint density at radius 3 is 2.62 bits per heavy atom. The van der Waals surface area contributed by atoms with Gasteiger partial charge in [0.1, 0.15) is 5.75 Å². The van der Waals surface area contributed by atoms with Gasteiger partial charge in [-0.15, -0.1) is 0 Å². The highest BCUT2D eigenvalue weighted by Gasteiger charge is 2.33. The molecule has 0 bridgehead atoms. The number of aliphatic carboxylic acids is 1. The fraction of sp³-hybridized carbons (Fsp3) is 0.400. The first-order valence-corrected chi connectivity index (χ1v) is 14.0. The van der Waals surface area contributed by atoms with Crippen LogP contribution in [0, 0.1) is 6.92 Å². The quantitative estimate of drug-likeness (QED) is 0.327. The number of benzene rings is 2. The SMILES string of the molecule is Cc1cc2nc(N(C)CC(=O)N(C)C)sc2c(-c2ccc3c4c(ccnc24)CCO3)c1[C@H](OC(C)(C)C)C(=O)O. The number of thiazole rings is 1. The van der Waals surface area contributed by atoms with Gasteiger partial charge in [0.05, 0.1) is 34.5 Å². The second-order valence-electron chi connectivity index (χ2n) is 11.3. The molecule has 0 saturated heterocycles. The number of pyridine rings is 1. The first kappa shape index (κ1) is 27.8. The lowest BCUT2D eigenvalue weighted by atomic mass is 9.89. The number of carbonyl (C=O) groups is 2. The number of aryl methyl sites for hydroxylation is 1. The molecule has 2 aromatic carbocycles. The molecule has 9 nitrogen and oxygen atoms in total. The lowest BCUT2D eigenvalue weighted by Crippen LogP contribution is -2.34. The van der Waals surface area contributed by atoms with E-state index >= 15 is 0 Å². The van der Waals surface area contributed by atoms with Crippen molar-refractivity contribution in [2.75, 3.05) is 39.2 Å². The molecule has 210 valence electrons. The number of aromatic nitrogens is 2. The smallest absolute Gasteiger partial charge is 0.337 e. The summed E-state index contributed by atoms with van der Waals surface area (Å²) in [5, 5.41) is 12.0. The molecule has 0 aliphatic carbocycles. The van der Waals surface area contributed by atoms with E-state index in [1.165, 1.54) is 11.3 Å². The van der Waals surface area contributed by atoms with Gasteiger partial charge < -0.3 is 24.4 Å². The molecule has 0 unspecified atom stereocenters. The average Bonchev–Trinajstić information content (AvgIpc) is 3.30. The van der Waals surface area contributed by atoms with Crippen molar-refractivity contribution in [3.8, 4) is 16.9 Å². The first-order chi connectivity index (χ1) is 18.9. The highest BCUT2D eigenvalue weighted by Crippen LogP contribution is 2.47. The molecule has 0 spiro atoms. The van der Waals surface area contributed by atoms with Crippen LogP contribution in [0.4, 0.5) is 5.13 Å². The molecule has 1 aliphatic heterocycles. The van der Waals surface area contributed by atoms with E-state index in [4.69, 9.17) is 19.4 Å². The van der Waals surface area contributed by atoms with Crippen molar-refractivity contribution in [3.63, 3.8) is 0 Å². The molecule has 1 amide bonds. The van der Waals surface area contributed by atoms with Gasteiger partial charge in [0.25, 0.3) is 0 Å². The summed E-state index contributed by atoms with van der Waals surface area (Å²) in [6, 6.07) is 7.80. The fourth-order valence-electron chi connectivity index (χ4n) is 5.07. The Bertz CT molecular complexity index is 1630. The number of rotatable bonds is 7. The molecule has 0 fully saturated rings. The number of carboxylic acids is 1. The zero-order valence-corrected chi connectivity index (χ0v) is 24.7. The summed E-state index contributed by atoms with van der Waals surface area (Å²) in [6.07, 6.45) is 1.34. The number of fused-ring (bicyclic) bond motifs is 1. The lowest BCUT2D eigenvalue weighted by Gasteiger charge is -2.28. The Balaban J connectivity index is 1.82. The number of nitrogens with zero attached hydrogens (tertiary/aromatic N) is 4. The minimum Gasteiger partial charge on any atom is -0.493 e. The van der Waals surface area contributed by atoms with Gasteiger partial charge in [-0.2, -0.15) is 0 Å². The second kappa shape index (κ2) is 10.3. The summed E-state index contributed by atoms with van der Waals surface area (Å²) in [6.45, 7) is 8.19. The van der Waals surface area contributed by atoms with Gasteiger partial charge >= 0.3 is 5.97 Å². The van der Waals surface area contributed by atoms with E-state index in [0.29, 0.717) is 17.3 Å². The largest absolute Gasteiger partial charge is 0.493 e. The van der Waals surface area contributed by atoms with E-state index in [-0.39, 0.29) is 12.5 Å². The van der Waals surface area contributed by atoms with Gasteiger partial charge in [-0.1, -0.05) is 11.3 Å². The summed E-state index contributed by atoms with van der Waals surface area (Å²) in [4.78, 5) is 38.2. The summed E-state index contributed by atoms with van der Waals surface area (Å²) in [5.74, 6) is -0.349. The minimum absolute atomic E-state index is 0.0452. The molecular formula is C30H34N4O5S. The molecule has 2 aromatic heterocycles. The van der Waals surface area contributed by atoms with Crippen LogP contribution in [0.25, 0.3) is 32.2 Å². The number of carboxylic acid groups (broad SMARTS) is 1. The van der Waals surface area contributed by atoms with E-state index in [2.05, 4.69) is 0 Å². The number of ether oxygens (including phenoxy) is 2. The van der Waals surface area contributed by atoms with Crippen LogP contribution in [0.15, 0.2) is 30.5 Å². The van der Waals surface area contributed by atoms with Crippen LogP contribution in [0.1, 0.15) is 43.6 Å². The second-order valence-corrected chi connectivity index (χ2v) is 12.3. The highest BCUT2D eigenvalue weighted by molar-refractivity contribution is 7.22. The summed E-state index contributed by atoms with van der Waals surface area (Å²) in [5.41, 5.74) is 4.73. The third kappa shape index (κ3) is 5.09. The maximum Gasteiger partial charge on any atom is 0.337 e. The van der Waals surface area contributed by atoms with E-state index in [1.807, 2.05) is 63.9 Å². The number of hydrogen-bond donors (Lipinski definition) is 1. The van der Waals surface area contributed by atoms with E-state index in [0.717, 1.165) is 55.5 Å². The Kier molecular flexibility index (Phi) is 7.18. The zero-order chi connectivity index (χ0) is 28.9. The van der Waals surface area contributed by atoms with Gasteiger partial charge in [0, 0.05) is 55.8 Å². The third-order valence-electron chi connectivity index (χ3n) is 6.91. The first-order valence-electron chi connectivity index (χ1n) is 13.2. The molecule has 0 saturated carbocycles. The summed E-state index contributed by atoms with van der Waals surface area (Å²) in [7, 11) is 5.27. The van der Waals surface area contributed by atoms with Crippen molar-refractivity contribution in [3.05, 3.63) is 47.2 Å². The summed E-state index contributed by atoms with van der Waals surface area (Å²) >= 11 is 1.42. The van der Waals surface area contributed by atoms with E-state index in [1.54, 1.807) is 25.2 Å². The predicted molar refractivity (Wildman–Crippen MR) is 157 cm³/mol. The minimum atomic E-state index is -1.22. The van der Waals surface area contributed by atoms with Crippen molar-refractivity contribution in [1.82, 2.24) is 14.9 Å². The number of likely N-dealkylation sites (N-methyl/N-ethyl adjacent to an activating group) is 2. The van der Waals surface area contributed by atoms with Crippen LogP contribution in [-0.2, 0) is 20.7 Å². The molecule has 40 heavy (non-hydrogen) atoms. The fourth-order valence-corrected chi connectivity index (χ4v) is 6.15. The monoisotopic (exact) mass is 562 g/mol. The molecule has 1 N–H and O–H groups in total. The van der Waals surface area contributed by atoms with E-state index in [9.17, 15) is 14.7 Å². The molecule has 10 heteroatoms. The van der Waals surface area contributed by atoms with E-state index < -0.39 is 17.7 Å². The van der Waals surface area contributed by atoms with Crippen molar-refractivity contribution < 1.29 is 24.2 Å². The van der Waals surface area contributed by atoms with Crippen LogP contribution in [0.2, 0.25) is 0 Å². The molecular weight excluding hydrogens is 528 g/mol. The Morgan fingerprint density at radius 2 is 1.95 bits per heavy atom. The molecule has 1 atom stereocenters. The number of anilines is 1. The maximum absolute atomic E-state index is 12.8. The van der Waals surface area contributed by atoms with Crippen molar-refractivity contribution in [2.24, 2.45) is 0 Å². The van der Waals surface area contributed by atoms with Gasteiger partial charge in [-0.05, 0) is 63.1 Å². The topological polar surface area (TPSA) is 105 Å². The molecule has 3 heterocycles. The van der Waals surface area contributed by atoms with Gasteiger partial charge in [-0.3, -0.25) is 9.78 Å². The molecule has 5 rings (SSSR count). The Labute approximate surface area is 237 Å². The van der Waals surface area contributed by atoms with Crippen molar-refractivity contribution in [2.45, 2.75) is 45.8 Å². The van der Waals surface area contributed by atoms with Gasteiger partial charge in [-0.25, -0.2) is 9.78 Å². The Morgan fingerprint density at radius 1 is 1.20 bits per heavy atom. The summed E-state index contributed by atoms with van der Waals surface area (Å²) < 4.78 is 12.9. The highest BCUT2D eigenvalue weighted by atomic mass is 32.1. The van der Waals surface area contributed by atoms with Gasteiger partial charge in [0.2, 0.25) is 5.91 Å². The van der Waals surface area contributed by atoms with Crippen molar-refractivity contribution in [1.29, 1.82) is 0 Å². The maximum atomic E-state index is 12.8. The third-order valence-corrected chi connectivity index (χ3v) is 8.11. The number of hydrogen-bond acceptors (Lipinski definition) is 8. The Hall–Kier alpha value is -3.76. The molecule has 1 aliphatic rings. The lowest BCUT2D eigenvalue weighted by molar-refractivity contribution is -0.160. The molecule has 4 aromatic rings.